The third kappa shape index (κ3) is 3.39. The largest absolute Gasteiger partial charge is 0.337 e. The van der Waals surface area contributed by atoms with Gasteiger partial charge in [-0.3, -0.25) is 4.72 Å². The molecule has 1 aromatic heterocycles. The molecule has 2 rings (SSSR count). The van der Waals surface area contributed by atoms with Gasteiger partial charge in [0.25, 0.3) is 0 Å². The molecule has 0 saturated carbocycles. The summed E-state index contributed by atoms with van der Waals surface area (Å²) in [5.41, 5.74) is 2.38. The normalized spacial score (nSPS) is 13.2. The Bertz CT molecular complexity index is 678. The molecule has 0 saturated heterocycles. The molecule has 0 unspecified atom stereocenters. The standard InChI is InChI=1S/C14H18N2O3S/c1-10(13-7-5-4-6-8-13)9-20(17,18)16-14-11(2)12(3)15-19-14/h4-8,10,16H,9H2,1-3H3/t10-/m1/s1. The Labute approximate surface area is 119 Å². The number of benzene rings is 1. The smallest absolute Gasteiger partial charge is 0.241 e. The van der Waals surface area contributed by atoms with Crippen LogP contribution in [0.15, 0.2) is 34.9 Å². The van der Waals surface area contributed by atoms with E-state index in [1.165, 1.54) is 0 Å². The predicted octanol–water partition coefficient (Wildman–Crippen LogP) is 2.84. The van der Waals surface area contributed by atoms with Crippen LogP contribution in [0.4, 0.5) is 5.88 Å². The summed E-state index contributed by atoms with van der Waals surface area (Å²) in [5, 5.41) is 3.74. The van der Waals surface area contributed by atoms with Crippen LogP contribution in [0.1, 0.15) is 29.7 Å². The summed E-state index contributed by atoms with van der Waals surface area (Å²) < 4.78 is 31.7. The monoisotopic (exact) mass is 294 g/mol. The molecule has 1 aromatic carbocycles. The maximum atomic E-state index is 12.1. The number of rotatable bonds is 5. The summed E-state index contributed by atoms with van der Waals surface area (Å²) in [6.07, 6.45) is 0. The lowest BCUT2D eigenvalue weighted by Crippen LogP contribution is -2.20. The molecule has 0 radical (unpaired) electrons. The minimum Gasteiger partial charge on any atom is -0.337 e. The van der Waals surface area contributed by atoms with Gasteiger partial charge in [-0.2, -0.15) is 0 Å². The SMILES string of the molecule is Cc1noc(NS(=O)(=O)C[C@@H](C)c2ccccc2)c1C. The van der Waals surface area contributed by atoms with Crippen LogP contribution in [0.25, 0.3) is 0 Å². The Kier molecular flexibility index (Phi) is 4.13. The summed E-state index contributed by atoms with van der Waals surface area (Å²) in [5.74, 6) is 0.0942. The van der Waals surface area contributed by atoms with Crippen LogP contribution in [0.2, 0.25) is 0 Å². The maximum Gasteiger partial charge on any atom is 0.241 e. The second kappa shape index (κ2) is 5.66. The first-order chi connectivity index (χ1) is 9.39. The number of aryl methyl sites for hydroxylation is 1. The first-order valence-electron chi connectivity index (χ1n) is 6.37. The van der Waals surface area contributed by atoms with Crippen molar-refractivity contribution in [3.8, 4) is 0 Å². The molecule has 0 aliphatic rings. The van der Waals surface area contributed by atoms with Crippen molar-refractivity contribution >= 4 is 15.9 Å². The third-order valence-corrected chi connectivity index (χ3v) is 4.68. The molecule has 0 aliphatic heterocycles. The fraction of sp³-hybridized carbons (Fsp3) is 0.357. The Morgan fingerprint density at radius 1 is 1.25 bits per heavy atom. The average Bonchev–Trinajstić information content (AvgIpc) is 2.71. The number of hydrogen-bond donors (Lipinski definition) is 1. The number of nitrogens with zero attached hydrogens (tertiary/aromatic N) is 1. The summed E-state index contributed by atoms with van der Waals surface area (Å²) in [6, 6.07) is 9.55. The van der Waals surface area contributed by atoms with Gasteiger partial charge in [0.2, 0.25) is 15.9 Å². The molecule has 2 aromatic rings. The highest BCUT2D eigenvalue weighted by Crippen LogP contribution is 2.21. The minimum atomic E-state index is -3.47. The van der Waals surface area contributed by atoms with Gasteiger partial charge in [-0.05, 0) is 25.3 Å². The summed E-state index contributed by atoms with van der Waals surface area (Å²) >= 11 is 0. The maximum absolute atomic E-state index is 12.1. The van der Waals surface area contributed by atoms with Crippen LogP contribution in [0, 0.1) is 13.8 Å². The van der Waals surface area contributed by atoms with E-state index in [-0.39, 0.29) is 17.6 Å². The van der Waals surface area contributed by atoms with Crippen molar-refractivity contribution in [2.45, 2.75) is 26.7 Å². The first-order valence-corrected chi connectivity index (χ1v) is 8.02. The molecule has 0 aliphatic carbocycles. The van der Waals surface area contributed by atoms with E-state index in [4.69, 9.17) is 4.52 Å². The predicted molar refractivity (Wildman–Crippen MR) is 78.2 cm³/mol. The molecule has 6 heteroatoms. The lowest BCUT2D eigenvalue weighted by Gasteiger charge is -2.12. The van der Waals surface area contributed by atoms with E-state index in [0.717, 1.165) is 5.56 Å². The third-order valence-electron chi connectivity index (χ3n) is 3.24. The summed E-state index contributed by atoms with van der Waals surface area (Å²) in [6.45, 7) is 5.42. The van der Waals surface area contributed by atoms with Crippen molar-refractivity contribution in [3.63, 3.8) is 0 Å². The number of nitrogens with one attached hydrogen (secondary N) is 1. The van der Waals surface area contributed by atoms with E-state index >= 15 is 0 Å². The molecule has 0 amide bonds. The quantitative estimate of drug-likeness (QED) is 0.920. The molecule has 1 heterocycles. The van der Waals surface area contributed by atoms with E-state index < -0.39 is 10.0 Å². The van der Waals surface area contributed by atoms with Crippen molar-refractivity contribution in [1.82, 2.24) is 5.16 Å². The van der Waals surface area contributed by atoms with Crippen molar-refractivity contribution in [2.75, 3.05) is 10.5 Å². The molecule has 0 spiro atoms. The van der Waals surface area contributed by atoms with E-state index in [9.17, 15) is 8.42 Å². The topological polar surface area (TPSA) is 72.2 Å². The summed E-state index contributed by atoms with van der Waals surface area (Å²) in [7, 11) is -3.47. The Morgan fingerprint density at radius 3 is 2.45 bits per heavy atom. The molecular formula is C14H18N2O3S. The number of aromatic nitrogens is 1. The fourth-order valence-electron chi connectivity index (χ4n) is 1.90. The van der Waals surface area contributed by atoms with Gasteiger partial charge in [0.05, 0.1) is 11.4 Å². The molecule has 108 valence electrons. The highest BCUT2D eigenvalue weighted by molar-refractivity contribution is 7.92. The highest BCUT2D eigenvalue weighted by Gasteiger charge is 2.20. The van der Waals surface area contributed by atoms with Crippen LogP contribution in [-0.4, -0.2) is 19.3 Å². The van der Waals surface area contributed by atoms with Crippen molar-refractivity contribution < 1.29 is 12.9 Å². The van der Waals surface area contributed by atoms with Gasteiger partial charge < -0.3 is 4.52 Å². The minimum absolute atomic E-state index is 0.00377. The highest BCUT2D eigenvalue weighted by atomic mass is 32.2. The van der Waals surface area contributed by atoms with E-state index in [1.807, 2.05) is 37.3 Å². The van der Waals surface area contributed by atoms with Crippen LogP contribution in [-0.2, 0) is 10.0 Å². The Hall–Kier alpha value is -1.82. The number of anilines is 1. The molecule has 0 bridgehead atoms. The van der Waals surface area contributed by atoms with Gasteiger partial charge in [0, 0.05) is 5.56 Å². The Morgan fingerprint density at radius 2 is 1.90 bits per heavy atom. The van der Waals surface area contributed by atoms with Crippen LogP contribution < -0.4 is 4.72 Å². The van der Waals surface area contributed by atoms with Crippen molar-refractivity contribution in [1.29, 1.82) is 0 Å². The lowest BCUT2D eigenvalue weighted by atomic mass is 10.0. The van der Waals surface area contributed by atoms with Crippen molar-refractivity contribution in [3.05, 3.63) is 47.2 Å². The van der Waals surface area contributed by atoms with Gasteiger partial charge in [0.15, 0.2) is 0 Å². The summed E-state index contributed by atoms with van der Waals surface area (Å²) in [4.78, 5) is 0. The second-order valence-corrected chi connectivity index (χ2v) is 6.68. The zero-order valence-electron chi connectivity index (χ0n) is 11.8. The van der Waals surface area contributed by atoms with E-state index in [2.05, 4.69) is 9.88 Å². The van der Waals surface area contributed by atoms with Gasteiger partial charge in [0.1, 0.15) is 0 Å². The molecule has 1 N–H and O–H groups in total. The molecule has 1 atom stereocenters. The fourth-order valence-corrected chi connectivity index (χ4v) is 3.31. The zero-order chi connectivity index (χ0) is 14.8. The van der Waals surface area contributed by atoms with Crippen molar-refractivity contribution in [2.24, 2.45) is 0 Å². The molecule has 20 heavy (non-hydrogen) atoms. The zero-order valence-corrected chi connectivity index (χ0v) is 12.6. The molecule has 0 fully saturated rings. The van der Waals surface area contributed by atoms with E-state index in [0.29, 0.717) is 11.3 Å². The van der Waals surface area contributed by atoms with Crippen LogP contribution in [0.5, 0.6) is 0 Å². The molecule has 5 nitrogen and oxygen atoms in total. The molecular weight excluding hydrogens is 276 g/mol. The first kappa shape index (κ1) is 14.6. The van der Waals surface area contributed by atoms with Gasteiger partial charge >= 0.3 is 0 Å². The lowest BCUT2D eigenvalue weighted by molar-refractivity contribution is 0.430. The van der Waals surface area contributed by atoms with Crippen LogP contribution >= 0.6 is 0 Å². The van der Waals surface area contributed by atoms with Gasteiger partial charge in [-0.1, -0.05) is 42.4 Å². The number of sulfonamides is 1. The number of hydrogen-bond acceptors (Lipinski definition) is 4. The van der Waals surface area contributed by atoms with Gasteiger partial charge in [-0.15, -0.1) is 0 Å². The van der Waals surface area contributed by atoms with Gasteiger partial charge in [-0.25, -0.2) is 8.42 Å². The Balaban J connectivity index is 2.10. The second-order valence-electron chi connectivity index (χ2n) is 4.92. The van der Waals surface area contributed by atoms with E-state index in [1.54, 1.807) is 13.8 Å². The average molecular weight is 294 g/mol. The van der Waals surface area contributed by atoms with Crippen LogP contribution in [0.3, 0.4) is 0 Å².